The molecule has 0 saturated heterocycles. The van der Waals surface area contributed by atoms with E-state index in [1.54, 1.807) is 0 Å². The van der Waals surface area contributed by atoms with Gasteiger partial charge in [-0.3, -0.25) is 4.90 Å². The Morgan fingerprint density at radius 3 is 2.50 bits per heavy atom. The zero-order valence-corrected chi connectivity index (χ0v) is 10.7. The van der Waals surface area contributed by atoms with E-state index in [1.807, 2.05) is 0 Å². The van der Waals surface area contributed by atoms with Gasteiger partial charge in [-0.1, -0.05) is 0 Å². The molecule has 2 rings (SSSR count). The van der Waals surface area contributed by atoms with Gasteiger partial charge < -0.3 is 14.8 Å². The average molecular weight is 294 g/mol. The summed E-state index contributed by atoms with van der Waals surface area (Å²) in [6.45, 7) is 1.97. The first kappa shape index (κ1) is 14.6. The van der Waals surface area contributed by atoms with Crippen LogP contribution in [0.1, 0.15) is 31.5 Å². The van der Waals surface area contributed by atoms with Gasteiger partial charge in [0, 0.05) is 6.54 Å². The molecule has 2 atom stereocenters. The van der Waals surface area contributed by atoms with Gasteiger partial charge in [0.2, 0.25) is 5.60 Å². The van der Waals surface area contributed by atoms with Crippen molar-refractivity contribution >= 4 is 6.09 Å². The van der Waals surface area contributed by atoms with E-state index in [2.05, 4.69) is 10.2 Å². The summed E-state index contributed by atoms with van der Waals surface area (Å²) in [5.41, 5.74) is -3.14. The summed E-state index contributed by atoms with van der Waals surface area (Å²) in [6, 6.07) is -0.603. The number of hydrogen-bond donors (Lipinski definition) is 2. The second kappa shape index (κ2) is 4.33. The zero-order valence-electron chi connectivity index (χ0n) is 10.7. The standard InChI is InChI=1S/C10H13F3N4O3/c1-5-3-16(8(18)19)4-6-14-15-7(17(5)6)9(2,20)10(11,12)13/h5,20H,3-4H2,1-2H3,(H,18,19)/t5-,9?/m0/s1. The zero-order chi connectivity index (χ0) is 15.3. The third-order valence-electron chi connectivity index (χ3n) is 3.28. The Bertz CT molecular complexity index is 540. The number of carboxylic acid groups (broad SMARTS) is 1. The summed E-state index contributed by atoms with van der Waals surface area (Å²) < 4.78 is 39.7. The fourth-order valence-corrected chi connectivity index (χ4v) is 2.13. The van der Waals surface area contributed by atoms with Crippen LogP contribution in [0.15, 0.2) is 0 Å². The van der Waals surface area contributed by atoms with Crippen molar-refractivity contribution in [2.45, 2.75) is 38.2 Å². The maximum Gasteiger partial charge on any atom is 0.424 e. The van der Waals surface area contributed by atoms with Gasteiger partial charge in [-0.05, 0) is 13.8 Å². The third-order valence-corrected chi connectivity index (χ3v) is 3.28. The minimum absolute atomic E-state index is 0.00130. The van der Waals surface area contributed by atoms with Crippen LogP contribution in [0.2, 0.25) is 0 Å². The molecule has 0 radical (unpaired) electrons. The number of amides is 1. The molecule has 1 aromatic heterocycles. The second-order valence-electron chi connectivity index (χ2n) is 4.89. The highest BCUT2D eigenvalue weighted by molar-refractivity contribution is 5.65. The Kier molecular flexibility index (Phi) is 3.16. The quantitative estimate of drug-likeness (QED) is 0.809. The van der Waals surface area contributed by atoms with E-state index in [1.165, 1.54) is 6.92 Å². The van der Waals surface area contributed by atoms with Gasteiger partial charge in [-0.25, -0.2) is 4.79 Å². The van der Waals surface area contributed by atoms with Crippen LogP contribution in [-0.4, -0.2) is 48.7 Å². The van der Waals surface area contributed by atoms with Gasteiger partial charge in [0.15, 0.2) is 11.6 Å². The Morgan fingerprint density at radius 1 is 1.40 bits per heavy atom. The van der Waals surface area contributed by atoms with E-state index in [0.717, 1.165) is 9.47 Å². The molecule has 1 unspecified atom stereocenters. The lowest BCUT2D eigenvalue weighted by Crippen LogP contribution is -2.45. The van der Waals surface area contributed by atoms with Gasteiger partial charge in [0.1, 0.15) is 0 Å². The van der Waals surface area contributed by atoms with E-state index in [0.29, 0.717) is 6.92 Å². The van der Waals surface area contributed by atoms with Gasteiger partial charge >= 0.3 is 12.3 Å². The number of rotatable bonds is 1. The monoisotopic (exact) mass is 294 g/mol. The third kappa shape index (κ3) is 2.09. The number of aromatic nitrogens is 3. The van der Waals surface area contributed by atoms with Crippen LogP contribution in [-0.2, 0) is 12.1 Å². The summed E-state index contributed by atoms with van der Waals surface area (Å²) in [5.74, 6) is -0.553. The molecule has 10 heteroatoms. The molecule has 7 nitrogen and oxygen atoms in total. The number of aliphatic hydroxyl groups is 1. The van der Waals surface area contributed by atoms with Gasteiger partial charge in [-0.2, -0.15) is 13.2 Å². The molecule has 1 amide bonds. The molecular weight excluding hydrogens is 281 g/mol. The number of halogens is 3. The molecule has 0 saturated carbocycles. The molecule has 1 aromatic rings. The Hall–Kier alpha value is -1.84. The van der Waals surface area contributed by atoms with E-state index < -0.39 is 29.7 Å². The predicted molar refractivity (Wildman–Crippen MR) is 58.8 cm³/mol. The molecule has 0 aromatic carbocycles. The number of alkyl halides is 3. The van der Waals surface area contributed by atoms with Crippen molar-refractivity contribution in [3.8, 4) is 0 Å². The highest BCUT2D eigenvalue weighted by Gasteiger charge is 2.55. The topological polar surface area (TPSA) is 91.5 Å². The fraction of sp³-hybridized carbons (Fsp3) is 0.700. The second-order valence-corrected chi connectivity index (χ2v) is 4.89. The van der Waals surface area contributed by atoms with Crippen molar-refractivity contribution < 1.29 is 28.2 Å². The smallest absolute Gasteiger partial charge is 0.424 e. The van der Waals surface area contributed by atoms with Crippen molar-refractivity contribution in [1.29, 1.82) is 0 Å². The Balaban J connectivity index is 2.46. The van der Waals surface area contributed by atoms with Crippen LogP contribution in [0.25, 0.3) is 0 Å². The van der Waals surface area contributed by atoms with Crippen LogP contribution in [0.5, 0.6) is 0 Å². The number of nitrogens with zero attached hydrogens (tertiary/aromatic N) is 4. The summed E-state index contributed by atoms with van der Waals surface area (Å²) in [5, 5.41) is 25.6. The molecule has 0 spiro atoms. The van der Waals surface area contributed by atoms with Crippen LogP contribution in [0, 0.1) is 0 Å². The van der Waals surface area contributed by atoms with E-state index in [4.69, 9.17) is 5.11 Å². The van der Waals surface area contributed by atoms with Crippen LogP contribution < -0.4 is 0 Å². The van der Waals surface area contributed by atoms with E-state index >= 15 is 0 Å². The SMILES string of the molecule is C[C@H]1CN(C(=O)O)Cc2nnc(C(C)(O)C(F)(F)F)n21. The summed E-state index contributed by atoms with van der Waals surface area (Å²) in [6.07, 6.45) is -6.09. The Labute approximate surface area is 111 Å². The summed E-state index contributed by atoms with van der Waals surface area (Å²) >= 11 is 0. The highest BCUT2D eigenvalue weighted by Crippen LogP contribution is 2.39. The first-order chi connectivity index (χ1) is 9.05. The molecule has 2 heterocycles. The molecule has 0 fully saturated rings. The van der Waals surface area contributed by atoms with E-state index in [-0.39, 0.29) is 18.9 Å². The van der Waals surface area contributed by atoms with Crippen molar-refractivity contribution in [2.24, 2.45) is 0 Å². The first-order valence-corrected chi connectivity index (χ1v) is 5.77. The van der Waals surface area contributed by atoms with Gasteiger partial charge in [0.25, 0.3) is 0 Å². The van der Waals surface area contributed by atoms with Crippen molar-refractivity contribution in [3.05, 3.63) is 11.6 Å². The summed E-state index contributed by atoms with van der Waals surface area (Å²) in [7, 11) is 0. The maximum absolute atomic E-state index is 12.9. The minimum Gasteiger partial charge on any atom is -0.465 e. The van der Waals surface area contributed by atoms with Crippen molar-refractivity contribution in [2.75, 3.05) is 6.54 Å². The van der Waals surface area contributed by atoms with E-state index in [9.17, 15) is 23.1 Å². The lowest BCUT2D eigenvalue weighted by molar-refractivity contribution is -0.263. The first-order valence-electron chi connectivity index (χ1n) is 5.77. The average Bonchev–Trinajstić information content (AvgIpc) is 2.71. The fourth-order valence-electron chi connectivity index (χ4n) is 2.13. The van der Waals surface area contributed by atoms with Gasteiger partial charge in [0.05, 0.1) is 12.6 Å². The molecule has 2 N–H and O–H groups in total. The lowest BCUT2D eigenvalue weighted by atomic mass is 10.0. The van der Waals surface area contributed by atoms with Crippen LogP contribution in [0.4, 0.5) is 18.0 Å². The number of hydrogen-bond acceptors (Lipinski definition) is 4. The van der Waals surface area contributed by atoms with Crippen LogP contribution in [0.3, 0.4) is 0 Å². The number of fused-ring (bicyclic) bond motifs is 1. The van der Waals surface area contributed by atoms with Crippen LogP contribution >= 0.6 is 0 Å². The van der Waals surface area contributed by atoms with Crippen molar-refractivity contribution in [3.63, 3.8) is 0 Å². The predicted octanol–water partition coefficient (Wildman–Crippen LogP) is 1.10. The molecule has 0 aliphatic carbocycles. The molecular formula is C10H13F3N4O3. The number of carbonyl (C=O) groups is 1. The highest BCUT2D eigenvalue weighted by atomic mass is 19.4. The Morgan fingerprint density at radius 2 is 2.00 bits per heavy atom. The minimum atomic E-state index is -4.90. The molecule has 0 bridgehead atoms. The summed E-state index contributed by atoms with van der Waals surface area (Å²) in [4.78, 5) is 11.9. The lowest BCUT2D eigenvalue weighted by Gasteiger charge is -2.33. The molecule has 1 aliphatic rings. The van der Waals surface area contributed by atoms with Crippen molar-refractivity contribution in [1.82, 2.24) is 19.7 Å². The maximum atomic E-state index is 12.9. The molecule has 112 valence electrons. The molecule has 20 heavy (non-hydrogen) atoms. The van der Waals surface area contributed by atoms with Gasteiger partial charge in [-0.15, -0.1) is 10.2 Å². The molecule has 1 aliphatic heterocycles. The normalized spacial score (nSPS) is 22.3. The largest absolute Gasteiger partial charge is 0.465 e.